The highest BCUT2D eigenvalue weighted by Gasteiger charge is 2.22. The first-order chi connectivity index (χ1) is 7.66. The van der Waals surface area contributed by atoms with E-state index in [1.165, 1.54) is 31.4 Å². The molecule has 0 saturated heterocycles. The SMILES string of the molecule is CN(CC1CCC1)C(=O)c1cccc(F)c1. The molecule has 0 bridgehead atoms. The highest BCUT2D eigenvalue weighted by atomic mass is 19.1. The number of hydrogen-bond donors (Lipinski definition) is 0. The Hall–Kier alpha value is -1.38. The average molecular weight is 221 g/mol. The Labute approximate surface area is 95.1 Å². The maximum atomic E-state index is 13.0. The largest absolute Gasteiger partial charge is 0.341 e. The molecule has 0 aliphatic heterocycles. The summed E-state index contributed by atoms with van der Waals surface area (Å²) in [6, 6.07) is 5.87. The summed E-state index contributed by atoms with van der Waals surface area (Å²) in [5.41, 5.74) is 0.432. The van der Waals surface area contributed by atoms with Gasteiger partial charge in [-0.25, -0.2) is 4.39 Å². The van der Waals surface area contributed by atoms with Crippen LogP contribution in [0.3, 0.4) is 0 Å². The first-order valence-electron chi connectivity index (χ1n) is 5.68. The third kappa shape index (κ3) is 2.40. The van der Waals surface area contributed by atoms with Gasteiger partial charge in [0, 0.05) is 19.2 Å². The van der Waals surface area contributed by atoms with Gasteiger partial charge >= 0.3 is 0 Å². The monoisotopic (exact) mass is 221 g/mol. The number of carbonyl (C=O) groups excluding carboxylic acids is 1. The van der Waals surface area contributed by atoms with E-state index in [0.717, 1.165) is 6.54 Å². The predicted molar refractivity (Wildman–Crippen MR) is 60.7 cm³/mol. The molecule has 16 heavy (non-hydrogen) atoms. The van der Waals surface area contributed by atoms with Gasteiger partial charge in [0.05, 0.1) is 0 Å². The number of carbonyl (C=O) groups is 1. The molecule has 1 aromatic rings. The normalized spacial score (nSPS) is 15.6. The van der Waals surface area contributed by atoms with E-state index in [-0.39, 0.29) is 11.7 Å². The summed E-state index contributed by atoms with van der Waals surface area (Å²) in [4.78, 5) is 13.6. The van der Waals surface area contributed by atoms with E-state index >= 15 is 0 Å². The lowest BCUT2D eigenvalue weighted by Crippen LogP contribution is -2.34. The lowest BCUT2D eigenvalue weighted by molar-refractivity contribution is 0.0744. The lowest BCUT2D eigenvalue weighted by atomic mass is 9.85. The molecular formula is C13H16FNO. The molecule has 3 heteroatoms. The first kappa shape index (κ1) is 11.1. The van der Waals surface area contributed by atoms with Crippen LogP contribution in [0.25, 0.3) is 0 Å². The van der Waals surface area contributed by atoms with Gasteiger partial charge in [-0.05, 0) is 37.0 Å². The Morgan fingerprint density at radius 3 is 2.81 bits per heavy atom. The third-order valence-electron chi connectivity index (χ3n) is 3.18. The van der Waals surface area contributed by atoms with Gasteiger partial charge in [-0.1, -0.05) is 12.5 Å². The van der Waals surface area contributed by atoms with Crippen LogP contribution in [0.2, 0.25) is 0 Å². The summed E-state index contributed by atoms with van der Waals surface area (Å²) in [6.07, 6.45) is 3.69. The summed E-state index contributed by atoms with van der Waals surface area (Å²) in [7, 11) is 1.78. The van der Waals surface area contributed by atoms with E-state index in [1.54, 1.807) is 24.1 Å². The summed E-state index contributed by atoms with van der Waals surface area (Å²) in [5, 5.41) is 0. The second-order valence-corrected chi connectivity index (χ2v) is 4.49. The smallest absolute Gasteiger partial charge is 0.253 e. The number of halogens is 1. The summed E-state index contributed by atoms with van der Waals surface area (Å²) in [5.74, 6) is 0.191. The van der Waals surface area contributed by atoms with E-state index in [9.17, 15) is 9.18 Å². The Morgan fingerprint density at radius 2 is 2.25 bits per heavy atom. The fraction of sp³-hybridized carbons (Fsp3) is 0.462. The van der Waals surface area contributed by atoms with Crippen molar-refractivity contribution in [3.63, 3.8) is 0 Å². The minimum Gasteiger partial charge on any atom is -0.341 e. The van der Waals surface area contributed by atoms with E-state index < -0.39 is 0 Å². The molecular weight excluding hydrogens is 205 g/mol. The van der Waals surface area contributed by atoms with Crippen molar-refractivity contribution >= 4 is 5.91 Å². The van der Waals surface area contributed by atoms with Crippen molar-refractivity contribution in [2.45, 2.75) is 19.3 Å². The maximum absolute atomic E-state index is 13.0. The summed E-state index contributed by atoms with van der Waals surface area (Å²) < 4.78 is 13.0. The van der Waals surface area contributed by atoms with Crippen LogP contribution < -0.4 is 0 Å². The second-order valence-electron chi connectivity index (χ2n) is 4.49. The zero-order valence-electron chi connectivity index (χ0n) is 9.45. The number of hydrogen-bond acceptors (Lipinski definition) is 1. The minimum atomic E-state index is -0.358. The molecule has 86 valence electrons. The van der Waals surface area contributed by atoms with Crippen LogP contribution in [0.1, 0.15) is 29.6 Å². The fourth-order valence-corrected chi connectivity index (χ4v) is 1.99. The van der Waals surface area contributed by atoms with Gasteiger partial charge in [0.1, 0.15) is 5.82 Å². The Kier molecular flexibility index (Phi) is 3.22. The first-order valence-corrected chi connectivity index (χ1v) is 5.68. The van der Waals surface area contributed by atoms with Crippen molar-refractivity contribution in [1.29, 1.82) is 0 Å². The quantitative estimate of drug-likeness (QED) is 0.768. The molecule has 0 unspecified atom stereocenters. The molecule has 0 atom stereocenters. The molecule has 2 rings (SSSR count). The molecule has 1 fully saturated rings. The van der Waals surface area contributed by atoms with Gasteiger partial charge in [-0.2, -0.15) is 0 Å². The zero-order valence-corrected chi connectivity index (χ0v) is 9.45. The van der Waals surface area contributed by atoms with Gasteiger partial charge < -0.3 is 4.90 Å². The van der Waals surface area contributed by atoms with Gasteiger partial charge in [-0.3, -0.25) is 4.79 Å². The van der Waals surface area contributed by atoms with Crippen molar-refractivity contribution < 1.29 is 9.18 Å². The van der Waals surface area contributed by atoms with Crippen LogP contribution >= 0.6 is 0 Å². The summed E-state index contributed by atoms with van der Waals surface area (Å²) in [6.45, 7) is 0.787. The number of benzene rings is 1. The Bertz CT molecular complexity index is 387. The molecule has 0 radical (unpaired) electrons. The molecule has 1 aliphatic rings. The average Bonchev–Trinajstić information content (AvgIpc) is 2.22. The van der Waals surface area contributed by atoms with E-state index in [0.29, 0.717) is 11.5 Å². The minimum absolute atomic E-state index is 0.0913. The van der Waals surface area contributed by atoms with Gasteiger partial charge in [0.25, 0.3) is 5.91 Å². The fourth-order valence-electron chi connectivity index (χ4n) is 1.99. The van der Waals surface area contributed by atoms with Crippen LogP contribution in [-0.4, -0.2) is 24.4 Å². The highest BCUT2D eigenvalue weighted by molar-refractivity contribution is 5.94. The van der Waals surface area contributed by atoms with E-state index in [2.05, 4.69) is 0 Å². The summed E-state index contributed by atoms with van der Waals surface area (Å²) >= 11 is 0. The molecule has 1 aliphatic carbocycles. The number of nitrogens with zero attached hydrogens (tertiary/aromatic N) is 1. The molecule has 0 spiro atoms. The molecule has 1 aromatic carbocycles. The van der Waals surface area contributed by atoms with Crippen molar-refractivity contribution in [3.05, 3.63) is 35.6 Å². The van der Waals surface area contributed by atoms with Crippen LogP contribution in [0.5, 0.6) is 0 Å². The molecule has 0 heterocycles. The predicted octanol–water partition coefficient (Wildman–Crippen LogP) is 2.70. The van der Waals surface area contributed by atoms with Crippen LogP contribution in [0.15, 0.2) is 24.3 Å². The van der Waals surface area contributed by atoms with E-state index in [1.807, 2.05) is 0 Å². The number of rotatable bonds is 3. The molecule has 1 amide bonds. The van der Waals surface area contributed by atoms with Crippen molar-refractivity contribution in [2.75, 3.05) is 13.6 Å². The van der Waals surface area contributed by atoms with Gasteiger partial charge in [0.2, 0.25) is 0 Å². The standard InChI is InChI=1S/C13H16FNO/c1-15(9-10-4-2-5-10)13(16)11-6-3-7-12(14)8-11/h3,6-8,10H,2,4-5,9H2,1H3. The van der Waals surface area contributed by atoms with Crippen molar-refractivity contribution in [2.24, 2.45) is 5.92 Å². The molecule has 0 N–H and O–H groups in total. The highest BCUT2D eigenvalue weighted by Crippen LogP contribution is 2.27. The topological polar surface area (TPSA) is 20.3 Å². The molecule has 2 nitrogen and oxygen atoms in total. The van der Waals surface area contributed by atoms with Crippen molar-refractivity contribution in [3.8, 4) is 0 Å². The third-order valence-corrected chi connectivity index (χ3v) is 3.18. The Balaban J connectivity index is 2.00. The Morgan fingerprint density at radius 1 is 1.50 bits per heavy atom. The van der Waals surface area contributed by atoms with Gasteiger partial charge in [0.15, 0.2) is 0 Å². The lowest BCUT2D eigenvalue weighted by Gasteiger charge is -2.30. The van der Waals surface area contributed by atoms with Crippen molar-refractivity contribution in [1.82, 2.24) is 4.90 Å². The number of amides is 1. The molecule has 1 saturated carbocycles. The zero-order chi connectivity index (χ0) is 11.5. The second kappa shape index (κ2) is 4.64. The van der Waals surface area contributed by atoms with Gasteiger partial charge in [-0.15, -0.1) is 0 Å². The van der Waals surface area contributed by atoms with Crippen LogP contribution in [0.4, 0.5) is 4.39 Å². The maximum Gasteiger partial charge on any atom is 0.253 e. The molecule has 0 aromatic heterocycles. The van der Waals surface area contributed by atoms with Crippen LogP contribution in [0, 0.1) is 11.7 Å². The van der Waals surface area contributed by atoms with Crippen LogP contribution in [-0.2, 0) is 0 Å². The van der Waals surface area contributed by atoms with E-state index in [4.69, 9.17) is 0 Å².